The second kappa shape index (κ2) is 20.9. The first-order valence-corrected chi connectivity index (χ1v) is 13.9. The Labute approximate surface area is 228 Å². The lowest BCUT2D eigenvalue weighted by Crippen LogP contribution is -2.42. The maximum atomic E-state index is 12.3. The van der Waals surface area contributed by atoms with Crippen molar-refractivity contribution >= 4 is 18.0 Å². The zero-order valence-electron chi connectivity index (χ0n) is 23.9. The quantitative estimate of drug-likeness (QED) is 0.181. The molecule has 0 aromatic rings. The fourth-order valence-electron chi connectivity index (χ4n) is 3.85. The first-order chi connectivity index (χ1) is 18.2. The normalized spacial score (nSPS) is 14.2. The molecular formula is C27H50N2O9. The van der Waals surface area contributed by atoms with Crippen molar-refractivity contribution in [1.82, 2.24) is 10.2 Å². The van der Waals surface area contributed by atoms with Crippen LogP contribution in [0.25, 0.3) is 0 Å². The van der Waals surface area contributed by atoms with Crippen LogP contribution >= 0.6 is 0 Å². The van der Waals surface area contributed by atoms with Crippen LogP contribution in [-0.4, -0.2) is 108 Å². The van der Waals surface area contributed by atoms with Gasteiger partial charge in [0.1, 0.15) is 12.1 Å². The molecule has 0 aromatic carbocycles. The Morgan fingerprint density at radius 2 is 1.37 bits per heavy atom. The van der Waals surface area contributed by atoms with Gasteiger partial charge in [-0.3, -0.25) is 14.5 Å². The third kappa shape index (κ3) is 19.2. The molecule has 1 saturated carbocycles. The Morgan fingerprint density at radius 1 is 0.816 bits per heavy atom. The van der Waals surface area contributed by atoms with E-state index in [0.717, 1.165) is 0 Å². The molecule has 0 radical (unpaired) electrons. The van der Waals surface area contributed by atoms with Crippen LogP contribution in [0, 0.1) is 5.92 Å². The number of nitrogens with one attached hydrogen (secondary N) is 1. The summed E-state index contributed by atoms with van der Waals surface area (Å²) in [6.07, 6.45) is 6.18. The van der Waals surface area contributed by atoms with Crippen LogP contribution in [0.3, 0.4) is 0 Å². The molecule has 11 nitrogen and oxygen atoms in total. The first-order valence-electron chi connectivity index (χ1n) is 13.9. The smallest absolute Gasteiger partial charge is 0.410 e. The predicted molar refractivity (Wildman–Crippen MR) is 142 cm³/mol. The molecule has 1 rings (SSSR count). The third-order valence-corrected chi connectivity index (χ3v) is 5.67. The van der Waals surface area contributed by atoms with Crippen molar-refractivity contribution in [3.8, 4) is 0 Å². The van der Waals surface area contributed by atoms with Gasteiger partial charge in [-0.2, -0.15) is 0 Å². The summed E-state index contributed by atoms with van der Waals surface area (Å²) in [7, 11) is 0. The van der Waals surface area contributed by atoms with Crippen LogP contribution in [-0.2, 0) is 38.0 Å². The highest BCUT2D eigenvalue weighted by atomic mass is 16.6. The largest absolute Gasteiger partial charge is 0.465 e. The Balaban J connectivity index is 1.96. The van der Waals surface area contributed by atoms with E-state index in [2.05, 4.69) is 5.32 Å². The zero-order chi connectivity index (χ0) is 28.1. The van der Waals surface area contributed by atoms with Crippen LogP contribution in [0.5, 0.6) is 0 Å². The summed E-state index contributed by atoms with van der Waals surface area (Å²) >= 11 is 0. The second-order valence-corrected chi connectivity index (χ2v) is 10.2. The van der Waals surface area contributed by atoms with Gasteiger partial charge in [0.25, 0.3) is 0 Å². The second-order valence-electron chi connectivity index (χ2n) is 10.2. The average molecular weight is 547 g/mol. The highest BCUT2D eigenvalue weighted by Gasteiger charge is 2.24. The molecule has 0 bridgehead atoms. The van der Waals surface area contributed by atoms with Gasteiger partial charge in [0.15, 0.2) is 0 Å². The molecule has 2 amide bonds. The Kier molecular flexibility index (Phi) is 18.8. The maximum absolute atomic E-state index is 12.3. The molecule has 1 aliphatic carbocycles. The van der Waals surface area contributed by atoms with Gasteiger partial charge in [0.2, 0.25) is 5.91 Å². The van der Waals surface area contributed by atoms with E-state index in [9.17, 15) is 14.4 Å². The molecule has 0 aromatic heterocycles. The molecular weight excluding hydrogens is 496 g/mol. The van der Waals surface area contributed by atoms with Gasteiger partial charge < -0.3 is 33.7 Å². The maximum Gasteiger partial charge on any atom is 0.410 e. The van der Waals surface area contributed by atoms with Crippen molar-refractivity contribution in [3.63, 3.8) is 0 Å². The van der Waals surface area contributed by atoms with E-state index in [1.165, 1.54) is 37.0 Å². The number of amides is 2. The molecule has 0 saturated heterocycles. The van der Waals surface area contributed by atoms with Crippen LogP contribution in [0.1, 0.15) is 66.2 Å². The SMILES string of the molecule is CCOC(=O)CN(CCOCCOCCOCCOCCNC(=O)CC1CCCCC1)C(=O)OC(C)(C)C. The lowest BCUT2D eigenvalue weighted by molar-refractivity contribution is -0.144. The number of rotatable bonds is 20. The molecule has 0 heterocycles. The van der Waals surface area contributed by atoms with Crippen molar-refractivity contribution in [2.45, 2.75) is 71.8 Å². The number of ether oxygens (including phenoxy) is 6. The molecule has 11 heteroatoms. The minimum Gasteiger partial charge on any atom is -0.465 e. The third-order valence-electron chi connectivity index (χ3n) is 5.67. The van der Waals surface area contributed by atoms with Gasteiger partial charge in [-0.1, -0.05) is 19.3 Å². The van der Waals surface area contributed by atoms with Gasteiger partial charge in [0, 0.05) is 19.5 Å². The first kappa shape index (κ1) is 34.1. The highest BCUT2D eigenvalue weighted by Crippen LogP contribution is 2.25. The van der Waals surface area contributed by atoms with E-state index in [1.807, 2.05) is 0 Å². The summed E-state index contributed by atoms with van der Waals surface area (Å²) in [6, 6.07) is 0. The minimum absolute atomic E-state index is 0.120. The lowest BCUT2D eigenvalue weighted by Gasteiger charge is -2.26. The van der Waals surface area contributed by atoms with Crippen molar-refractivity contribution < 1.29 is 42.8 Å². The van der Waals surface area contributed by atoms with Gasteiger partial charge in [-0.15, -0.1) is 0 Å². The summed E-state index contributed by atoms with van der Waals surface area (Å²) in [5.74, 6) is 0.169. The average Bonchev–Trinajstić information content (AvgIpc) is 2.85. The summed E-state index contributed by atoms with van der Waals surface area (Å²) in [4.78, 5) is 37.3. The summed E-state index contributed by atoms with van der Waals surface area (Å²) < 4.78 is 32.2. The Hall–Kier alpha value is -1.95. The van der Waals surface area contributed by atoms with Crippen molar-refractivity contribution in [3.05, 3.63) is 0 Å². The van der Waals surface area contributed by atoms with Gasteiger partial charge in [-0.05, 0) is 46.5 Å². The topological polar surface area (TPSA) is 122 Å². The van der Waals surface area contributed by atoms with E-state index in [0.29, 0.717) is 65.1 Å². The molecule has 0 atom stereocenters. The van der Waals surface area contributed by atoms with E-state index < -0.39 is 17.7 Å². The fourth-order valence-corrected chi connectivity index (χ4v) is 3.85. The van der Waals surface area contributed by atoms with E-state index in [-0.39, 0.29) is 32.2 Å². The number of carbonyl (C=O) groups excluding carboxylic acids is 3. The number of carbonyl (C=O) groups is 3. The molecule has 0 unspecified atom stereocenters. The van der Waals surface area contributed by atoms with Gasteiger partial charge >= 0.3 is 12.1 Å². The van der Waals surface area contributed by atoms with Crippen LogP contribution in [0.4, 0.5) is 4.79 Å². The zero-order valence-corrected chi connectivity index (χ0v) is 23.9. The predicted octanol–water partition coefficient (Wildman–Crippen LogP) is 2.94. The van der Waals surface area contributed by atoms with Gasteiger partial charge in [0.05, 0.1) is 59.5 Å². The monoisotopic (exact) mass is 546 g/mol. The van der Waals surface area contributed by atoms with E-state index in [4.69, 9.17) is 28.4 Å². The Morgan fingerprint density at radius 3 is 1.92 bits per heavy atom. The lowest BCUT2D eigenvalue weighted by atomic mass is 9.87. The molecule has 1 N–H and O–H groups in total. The minimum atomic E-state index is -0.668. The van der Waals surface area contributed by atoms with Gasteiger partial charge in [-0.25, -0.2) is 4.79 Å². The molecule has 222 valence electrons. The van der Waals surface area contributed by atoms with Crippen LogP contribution in [0.2, 0.25) is 0 Å². The molecule has 0 spiro atoms. The van der Waals surface area contributed by atoms with Crippen LogP contribution < -0.4 is 5.32 Å². The summed E-state index contributed by atoms with van der Waals surface area (Å²) in [5.41, 5.74) is -0.668. The van der Waals surface area contributed by atoms with Crippen LogP contribution in [0.15, 0.2) is 0 Å². The fraction of sp³-hybridized carbons (Fsp3) is 0.889. The molecule has 1 fully saturated rings. The van der Waals surface area contributed by atoms with Crippen molar-refractivity contribution in [1.29, 1.82) is 0 Å². The molecule has 38 heavy (non-hydrogen) atoms. The number of hydrogen-bond acceptors (Lipinski definition) is 9. The molecule has 1 aliphatic rings. The number of nitrogens with zero attached hydrogens (tertiary/aromatic N) is 1. The molecule has 0 aliphatic heterocycles. The highest BCUT2D eigenvalue weighted by molar-refractivity contribution is 5.78. The standard InChI is InChI=1S/C27H50N2O9/c1-5-37-25(31)22-29(26(32)38-27(2,3)4)12-14-34-16-18-36-20-19-35-17-15-33-13-11-28-24(30)21-23-9-7-6-8-10-23/h23H,5-22H2,1-4H3,(H,28,30). The van der Waals surface area contributed by atoms with Crippen molar-refractivity contribution in [2.75, 3.05) is 79.1 Å². The van der Waals surface area contributed by atoms with E-state index in [1.54, 1.807) is 27.7 Å². The summed E-state index contributed by atoms with van der Waals surface area (Å²) in [6.45, 7) is 11.0. The Bertz CT molecular complexity index is 649. The number of esters is 1. The van der Waals surface area contributed by atoms with E-state index >= 15 is 0 Å². The van der Waals surface area contributed by atoms with Crippen molar-refractivity contribution in [2.24, 2.45) is 5.92 Å². The number of hydrogen-bond donors (Lipinski definition) is 1. The summed E-state index contributed by atoms with van der Waals surface area (Å²) in [5, 5.41) is 2.92.